The largest absolute Gasteiger partial charge is 0.393 e. The number of pyridine rings is 1. The van der Waals surface area contributed by atoms with Gasteiger partial charge in [-0.3, -0.25) is 10.1 Å². The van der Waals surface area contributed by atoms with Crippen LogP contribution >= 0.6 is 0 Å². The summed E-state index contributed by atoms with van der Waals surface area (Å²) in [6.07, 6.45) is 2.64. The van der Waals surface area contributed by atoms with Crippen molar-refractivity contribution in [3.05, 3.63) is 27.9 Å². The molecule has 1 fully saturated rings. The molecule has 1 aliphatic rings. The zero-order valence-corrected chi connectivity index (χ0v) is 9.67. The molecular weight excluding hydrogens is 222 g/mol. The molecule has 0 atom stereocenters. The molecule has 0 aliphatic carbocycles. The van der Waals surface area contributed by atoms with E-state index >= 15 is 0 Å². The summed E-state index contributed by atoms with van der Waals surface area (Å²) in [5, 5.41) is 20.2. The van der Waals surface area contributed by atoms with Gasteiger partial charge < -0.3 is 10.0 Å². The summed E-state index contributed by atoms with van der Waals surface area (Å²) in [5.41, 5.74) is 0.664. The number of hydrogen-bond donors (Lipinski definition) is 1. The zero-order chi connectivity index (χ0) is 12.4. The Bertz CT molecular complexity index is 428. The fourth-order valence-corrected chi connectivity index (χ4v) is 1.97. The van der Waals surface area contributed by atoms with E-state index in [-0.39, 0.29) is 16.7 Å². The van der Waals surface area contributed by atoms with Crippen LogP contribution in [0.25, 0.3) is 0 Å². The first-order valence-corrected chi connectivity index (χ1v) is 5.62. The highest BCUT2D eigenvalue weighted by molar-refractivity contribution is 5.50. The van der Waals surface area contributed by atoms with Crippen molar-refractivity contribution in [2.45, 2.75) is 25.9 Å². The fourth-order valence-electron chi connectivity index (χ4n) is 1.97. The number of aromatic nitrogens is 1. The van der Waals surface area contributed by atoms with Crippen LogP contribution in [-0.4, -0.2) is 34.2 Å². The van der Waals surface area contributed by atoms with E-state index in [1.54, 1.807) is 6.92 Å². The quantitative estimate of drug-likeness (QED) is 0.618. The highest BCUT2D eigenvalue weighted by Gasteiger charge is 2.20. The van der Waals surface area contributed by atoms with Crippen molar-refractivity contribution in [2.75, 3.05) is 18.0 Å². The van der Waals surface area contributed by atoms with Crippen LogP contribution in [0, 0.1) is 17.0 Å². The van der Waals surface area contributed by atoms with E-state index in [1.807, 2.05) is 4.90 Å². The Morgan fingerprint density at radius 1 is 1.53 bits per heavy atom. The van der Waals surface area contributed by atoms with Crippen molar-refractivity contribution in [2.24, 2.45) is 0 Å². The average molecular weight is 237 g/mol. The van der Waals surface area contributed by atoms with Crippen LogP contribution in [0.4, 0.5) is 11.5 Å². The molecule has 17 heavy (non-hydrogen) atoms. The van der Waals surface area contributed by atoms with E-state index in [2.05, 4.69) is 4.98 Å². The summed E-state index contributed by atoms with van der Waals surface area (Å²) in [5.74, 6) is 0.620. The average Bonchev–Trinajstić information content (AvgIpc) is 2.30. The molecule has 1 N–H and O–H groups in total. The Morgan fingerprint density at radius 3 is 2.76 bits per heavy atom. The molecule has 0 bridgehead atoms. The summed E-state index contributed by atoms with van der Waals surface area (Å²) in [6, 6.07) is 1.51. The van der Waals surface area contributed by atoms with Crippen molar-refractivity contribution in [3.8, 4) is 0 Å². The molecule has 1 saturated heterocycles. The molecule has 0 radical (unpaired) electrons. The number of hydrogen-bond acceptors (Lipinski definition) is 5. The third-order valence-corrected chi connectivity index (χ3v) is 3.05. The molecular formula is C11H15N3O3. The topological polar surface area (TPSA) is 79.5 Å². The number of nitrogens with zero attached hydrogens (tertiary/aromatic N) is 3. The number of aliphatic hydroxyl groups is 1. The van der Waals surface area contributed by atoms with Crippen LogP contribution < -0.4 is 4.90 Å². The van der Waals surface area contributed by atoms with Gasteiger partial charge in [-0.2, -0.15) is 0 Å². The van der Waals surface area contributed by atoms with E-state index in [0.29, 0.717) is 37.3 Å². The van der Waals surface area contributed by atoms with Crippen molar-refractivity contribution in [3.63, 3.8) is 0 Å². The first-order valence-electron chi connectivity index (χ1n) is 5.62. The van der Waals surface area contributed by atoms with E-state index in [9.17, 15) is 15.2 Å². The lowest BCUT2D eigenvalue weighted by molar-refractivity contribution is -0.385. The number of nitro groups is 1. The summed E-state index contributed by atoms with van der Waals surface area (Å²) in [6.45, 7) is 3.05. The van der Waals surface area contributed by atoms with Gasteiger partial charge in [-0.25, -0.2) is 4.98 Å². The molecule has 92 valence electrons. The van der Waals surface area contributed by atoms with Gasteiger partial charge in [-0.05, 0) is 19.8 Å². The second-order valence-electron chi connectivity index (χ2n) is 4.30. The van der Waals surface area contributed by atoms with Gasteiger partial charge in [-0.1, -0.05) is 0 Å². The highest BCUT2D eigenvalue weighted by atomic mass is 16.6. The predicted molar refractivity (Wildman–Crippen MR) is 63.1 cm³/mol. The molecule has 2 heterocycles. The Hall–Kier alpha value is -1.69. The third-order valence-electron chi connectivity index (χ3n) is 3.05. The van der Waals surface area contributed by atoms with Gasteiger partial charge in [-0.15, -0.1) is 0 Å². The maximum atomic E-state index is 10.8. The summed E-state index contributed by atoms with van der Waals surface area (Å²) in [4.78, 5) is 16.6. The normalized spacial score (nSPS) is 17.2. The fraction of sp³-hybridized carbons (Fsp3) is 0.545. The van der Waals surface area contributed by atoms with E-state index in [4.69, 9.17) is 0 Å². The first-order chi connectivity index (χ1) is 8.08. The number of rotatable bonds is 2. The Labute approximate surface area is 99.0 Å². The van der Waals surface area contributed by atoms with Gasteiger partial charge >= 0.3 is 0 Å². The molecule has 0 amide bonds. The minimum atomic E-state index is -0.390. The second-order valence-corrected chi connectivity index (χ2v) is 4.30. The summed E-state index contributed by atoms with van der Waals surface area (Å²) < 4.78 is 0. The van der Waals surface area contributed by atoms with Crippen LogP contribution in [0.15, 0.2) is 12.3 Å². The van der Waals surface area contributed by atoms with Gasteiger partial charge in [0.2, 0.25) is 0 Å². The molecule has 0 unspecified atom stereocenters. The molecule has 1 aliphatic heterocycles. The van der Waals surface area contributed by atoms with Crippen molar-refractivity contribution in [1.29, 1.82) is 0 Å². The third kappa shape index (κ3) is 2.52. The maximum absolute atomic E-state index is 10.8. The monoisotopic (exact) mass is 237 g/mol. The summed E-state index contributed by atoms with van der Waals surface area (Å²) >= 11 is 0. The van der Waals surface area contributed by atoms with Gasteiger partial charge in [0.05, 0.1) is 17.1 Å². The van der Waals surface area contributed by atoms with Crippen molar-refractivity contribution < 1.29 is 10.0 Å². The number of aryl methyl sites for hydroxylation is 1. The molecule has 0 spiro atoms. The molecule has 6 nitrogen and oxygen atoms in total. The Balaban J connectivity index is 2.21. The zero-order valence-electron chi connectivity index (χ0n) is 9.67. The van der Waals surface area contributed by atoms with Gasteiger partial charge in [0.1, 0.15) is 5.82 Å². The van der Waals surface area contributed by atoms with Crippen LogP contribution in [0.1, 0.15) is 18.4 Å². The maximum Gasteiger partial charge on any atom is 0.277 e. The predicted octanol–water partition coefficient (Wildman–Crippen LogP) is 1.26. The standard InChI is InChI=1S/C11H15N3O3/c1-8-7-12-11(6-10(8)14(16)17)13-4-2-9(15)3-5-13/h6-7,9,15H,2-5H2,1H3. The number of aliphatic hydroxyl groups excluding tert-OH is 1. The van der Waals surface area contributed by atoms with Crippen molar-refractivity contribution in [1.82, 2.24) is 4.98 Å². The second kappa shape index (κ2) is 4.67. The van der Waals surface area contributed by atoms with E-state index in [0.717, 1.165) is 0 Å². The Kier molecular flexibility index (Phi) is 3.23. The van der Waals surface area contributed by atoms with Gasteiger partial charge in [0.25, 0.3) is 5.69 Å². The van der Waals surface area contributed by atoms with Crippen LogP contribution in [0.5, 0.6) is 0 Å². The molecule has 0 saturated carbocycles. The minimum Gasteiger partial charge on any atom is -0.393 e. The van der Waals surface area contributed by atoms with Crippen LogP contribution in [-0.2, 0) is 0 Å². The smallest absolute Gasteiger partial charge is 0.277 e. The molecule has 2 rings (SSSR count). The lowest BCUT2D eigenvalue weighted by atomic mass is 10.1. The lowest BCUT2D eigenvalue weighted by Crippen LogP contribution is -2.36. The molecule has 6 heteroatoms. The Morgan fingerprint density at radius 2 is 2.18 bits per heavy atom. The van der Waals surface area contributed by atoms with Gasteiger partial charge in [0, 0.05) is 24.8 Å². The number of anilines is 1. The number of piperidine rings is 1. The van der Waals surface area contributed by atoms with Crippen LogP contribution in [0.2, 0.25) is 0 Å². The molecule has 1 aromatic rings. The van der Waals surface area contributed by atoms with Crippen molar-refractivity contribution >= 4 is 11.5 Å². The molecule has 0 aromatic carbocycles. The van der Waals surface area contributed by atoms with Crippen LogP contribution in [0.3, 0.4) is 0 Å². The first kappa shape index (κ1) is 11.8. The van der Waals surface area contributed by atoms with E-state index in [1.165, 1.54) is 12.3 Å². The van der Waals surface area contributed by atoms with E-state index < -0.39 is 0 Å². The van der Waals surface area contributed by atoms with Gasteiger partial charge in [0.15, 0.2) is 0 Å². The molecule has 1 aromatic heterocycles. The lowest BCUT2D eigenvalue weighted by Gasteiger charge is -2.30. The highest BCUT2D eigenvalue weighted by Crippen LogP contribution is 2.24. The SMILES string of the molecule is Cc1cnc(N2CCC(O)CC2)cc1[N+](=O)[O-]. The summed E-state index contributed by atoms with van der Waals surface area (Å²) in [7, 11) is 0. The minimum absolute atomic E-state index is 0.0983.